The van der Waals surface area contributed by atoms with Crippen LogP contribution in [-0.2, 0) is 0 Å². The van der Waals surface area contributed by atoms with Crippen LogP contribution in [0.3, 0.4) is 0 Å². The maximum atomic E-state index is 12.7. The van der Waals surface area contributed by atoms with E-state index in [1.165, 1.54) is 6.42 Å². The smallest absolute Gasteiger partial charge is 0.274 e. The van der Waals surface area contributed by atoms with Gasteiger partial charge in [-0.3, -0.25) is 9.36 Å². The Morgan fingerprint density at radius 3 is 2.96 bits per heavy atom. The predicted octanol–water partition coefficient (Wildman–Crippen LogP) is 3.07. The molecule has 0 bridgehead atoms. The highest BCUT2D eigenvalue weighted by Gasteiger charge is 2.29. The molecule has 1 amide bonds. The number of nitrogens with zero attached hydrogens (tertiary/aromatic N) is 6. The highest BCUT2D eigenvalue weighted by molar-refractivity contribution is 5.92. The summed E-state index contributed by atoms with van der Waals surface area (Å²) in [6.45, 7) is 3.77. The minimum atomic E-state index is -0.0209. The highest BCUT2D eigenvalue weighted by Crippen LogP contribution is 2.38. The number of hydrogen-bond acceptors (Lipinski definition) is 6. The van der Waals surface area contributed by atoms with E-state index in [9.17, 15) is 4.79 Å². The molecular weight excluding hydrogens is 356 g/mol. The summed E-state index contributed by atoms with van der Waals surface area (Å²) in [6, 6.07) is 3.70. The second-order valence-electron chi connectivity index (χ2n) is 7.80. The lowest BCUT2D eigenvalue weighted by Crippen LogP contribution is -2.39. The van der Waals surface area contributed by atoms with Gasteiger partial charge in [0.25, 0.3) is 11.8 Å². The summed E-state index contributed by atoms with van der Waals surface area (Å²) in [5.74, 6) is 2.88. The first-order valence-electron chi connectivity index (χ1n) is 9.81. The molecule has 5 rings (SSSR count). The lowest BCUT2D eigenvalue weighted by atomic mass is 10.0. The molecule has 28 heavy (non-hydrogen) atoms. The number of piperidine rings is 1. The third-order valence-corrected chi connectivity index (χ3v) is 5.39. The molecular formula is C20H22N6O2. The standard InChI is InChI=1S/C20H22N6O2/c1-13-3-2-8-25(10-13)20(27)16-11-26(12-22-16)17-9-15(6-7-21-17)19-23-18(24-28-19)14-4-5-14/h6-7,9,11-14H,2-5,8,10H2,1H3. The van der Waals surface area contributed by atoms with Crippen molar-refractivity contribution in [3.8, 4) is 17.3 Å². The van der Waals surface area contributed by atoms with Crippen molar-refractivity contribution in [3.05, 3.63) is 42.4 Å². The van der Waals surface area contributed by atoms with Crippen molar-refractivity contribution >= 4 is 5.91 Å². The van der Waals surface area contributed by atoms with E-state index < -0.39 is 0 Å². The maximum Gasteiger partial charge on any atom is 0.274 e. The number of carbonyl (C=O) groups is 1. The van der Waals surface area contributed by atoms with Gasteiger partial charge in [-0.15, -0.1) is 0 Å². The quantitative estimate of drug-likeness (QED) is 0.693. The molecule has 2 fully saturated rings. The Morgan fingerprint density at radius 1 is 1.25 bits per heavy atom. The van der Waals surface area contributed by atoms with Crippen LogP contribution >= 0.6 is 0 Å². The van der Waals surface area contributed by atoms with E-state index in [1.807, 2.05) is 17.0 Å². The first-order chi connectivity index (χ1) is 13.7. The fraction of sp³-hybridized carbons (Fsp3) is 0.450. The van der Waals surface area contributed by atoms with Crippen molar-refractivity contribution in [1.82, 2.24) is 29.6 Å². The number of rotatable bonds is 4. The van der Waals surface area contributed by atoms with Crippen molar-refractivity contribution in [1.29, 1.82) is 0 Å². The SMILES string of the molecule is CC1CCCN(C(=O)c2cn(-c3cc(-c4nc(C5CC5)no4)ccn3)cn2)C1. The number of aromatic nitrogens is 5. The summed E-state index contributed by atoms with van der Waals surface area (Å²) >= 11 is 0. The number of hydrogen-bond donors (Lipinski definition) is 0. The third kappa shape index (κ3) is 3.30. The van der Waals surface area contributed by atoms with Crippen LogP contribution in [0.15, 0.2) is 35.4 Å². The molecule has 3 aromatic heterocycles. The number of carbonyl (C=O) groups excluding carboxylic acids is 1. The van der Waals surface area contributed by atoms with Crippen molar-refractivity contribution in [3.63, 3.8) is 0 Å². The molecule has 144 valence electrons. The van der Waals surface area contributed by atoms with Crippen molar-refractivity contribution < 1.29 is 9.32 Å². The molecule has 8 nitrogen and oxygen atoms in total. The van der Waals surface area contributed by atoms with Gasteiger partial charge in [0.2, 0.25) is 0 Å². The first-order valence-corrected chi connectivity index (χ1v) is 9.81. The molecule has 8 heteroatoms. The lowest BCUT2D eigenvalue weighted by Gasteiger charge is -2.30. The van der Waals surface area contributed by atoms with Gasteiger partial charge in [0.05, 0.1) is 0 Å². The van der Waals surface area contributed by atoms with Crippen LogP contribution in [-0.4, -0.2) is 48.6 Å². The van der Waals surface area contributed by atoms with Crippen LogP contribution in [0.25, 0.3) is 17.3 Å². The van der Waals surface area contributed by atoms with Crippen LogP contribution in [0.2, 0.25) is 0 Å². The molecule has 1 saturated heterocycles. The predicted molar refractivity (Wildman–Crippen MR) is 101 cm³/mol. The summed E-state index contributed by atoms with van der Waals surface area (Å²) in [5, 5.41) is 4.07. The van der Waals surface area contributed by atoms with Gasteiger partial charge in [-0.1, -0.05) is 12.1 Å². The summed E-state index contributed by atoms with van der Waals surface area (Å²) in [5.41, 5.74) is 1.24. The molecule has 0 radical (unpaired) electrons. The Kier molecular flexibility index (Phi) is 4.18. The zero-order valence-electron chi connectivity index (χ0n) is 15.8. The van der Waals surface area contributed by atoms with Crippen molar-refractivity contribution in [2.24, 2.45) is 5.92 Å². The zero-order valence-corrected chi connectivity index (χ0v) is 15.8. The van der Waals surface area contributed by atoms with E-state index >= 15 is 0 Å². The van der Waals surface area contributed by atoms with E-state index in [4.69, 9.17) is 4.52 Å². The average Bonchev–Trinajstić information content (AvgIpc) is 3.25. The fourth-order valence-electron chi connectivity index (χ4n) is 3.65. The normalized spacial score (nSPS) is 19.8. The lowest BCUT2D eigenvalue weighted by molar-refractivity contribution is 0.0677. The van der Waals surface area contributed by atoms with E-state index in [0.29, 0.717) is 29.2 Å². The Labute approximate surface area is 162 Å². The molecule has 3 aromatic rings. The molecule has 1 aliphatic heterocycles. The van der Waals surface area contributed by atoms with Crippen molar-refractivity contribution in [2.75, 3.05) is 13.1 Å². The van der Waals surface area contributed by atoms with Crippen LogP contribution < -0.4 is 0 Å². The van der Waals surface area contributed by atoms with E-state index in [2.05, 4.69) is 27.0 Å². The Bertz CT molecular complexity index is 1010. The van der Waals surface area contributed by atoms with Gasteiger partial charge in [0.1, 0.15) is 17.8 Å². The van der Waals surface area contributed by atoms with E-state index in [1.54, 1.807) is 23.3 Å². The van der Waals surface area contributed by atoms with Gasteiger partial charge < -0.3 is 9.42 Å². The molecule has 0 aromatic carbocycles. The summed E-state index contributed by atoms with van der Waals surface area (Å²) < 4.78 is 7.15. The minimum Gasteiger partial charge on any atom is -0.337 e. The van der Waals surface area contributed by atoms with Crippen LogP contribution in [0.4, 0.5) is 0 Å². The molecule has 4 heterocycles. The van der Waals surface area contributed by atoms with E-state index in [0.717, 1.165) is 43.7 Å². The topological polar surface area (TPSA) is 89.9 Å². The Hall–Kier alpha value is -3.03. The minimum absolute atomic E-state index is 0.0209. The average molecular weight is 378 g/mol. The van der Waals surface area contributed by atoms with Crippen molar-refractivity contribution in [2.45, 2.75) is 38.5 Å². The van der Waals surface area contributed by atoms with Gasteiger partial charge in [-0.2, -0.15) is 4.98 Å². The fourth-order valence-corrected chi connectivity index (χ4v) is 3.65. The Morgan fingerprint density at radius 2 is 2.14 bits per heavy atom. The van der Waals surface area contributed by atoms with Crippen LogP contribution in [0.1, 0.15) is 54.8 Å². The Balaban J connectivity index is 1.37. The number of imidazole rings is 1. The molecule has 1 unspecified atom stereocenters. The molecule has 1 aliphatic carbocycles. The maximum absolute atomic E-state index is 12.7. The molecule has 0 spiro atoms. The van der Waals surface area contributed by atoms with Gasteiger partial charge in [-0.05, 0) is 43.7 Å². The summed E-state index contributed by atoms with van der Waals surface area (Å²) in [7, 11) is 0. The number of amides is 1. The largest absolute Gasteiger partial charge is 0.337 e. The molecule has 1 saturated carbocycles. The van der Waals surface area contributed by atoms with Gasteiger partial charge >= 0.3 is 0 Å². The number of pyridine rings is 1. The first kappa shape index (κ1) is 17.1. The second kappa shape index (κ2) is 6.85. The third-order valence-electron chi connectivity index (χ3n) is 5.39. The van der Waals surface area contributed by atoms with Crippen LogP contribution in [0, 0.1) is 5.92 Å². The summed E-state index contributed by atoms with van der Waals surface area (Å²) in [4.78, 5) is 27.8. The summed E-state index contributed by atoms with van der Waals surface area (Å²) in [6.07, 6.45) is 9.52. The highest BCUT2D eigenvalue weighted by atomic mass is 16.5. The molecule has 0 N–H and O–H groups in total. The van der Waals surface area contributed by atoms with Crippen LogP contribution in [0.5, 0.6) is 0 Å². The van der Waals surface area contributed by atoms with E-state index in [-0.39, 0.29) is 5.91 Å². The van der Waals surface area contributed by atoms with Gasteiger partial charge in [-0.25, -0.2) is 9.97 Å². The van der Waals surface area contributed by atoms with Gasteiger partial charge in [0.15, 0.2) is 5.82 Å². The molecule has 1 atom stereocenters. The zero-order chi connectivity index (χ0) is 19.1. The second-order valence-corrected chi connectivity index (χ2v) is 7.80. The monoisotopic (exact) mass is 378 g/mol. The molecule has 2 aliphatic rings. The van der Waals surface area contributed by atoms with Gasteiger partial charge in [0, 0.05) is 37.0 Å². The number of likely N-dealkylation sites (tertiary alicyclic amines) is 1.